The summed E-state index contributed by atoms with van der Waals surface area (Å²) in [7, 11) is 0. The van der Waals surface area contributed by atoms with E-state index in [0.29, 0.717) is 17.9 Å². The molecule has 0 aliphatic heterocycles. The monoisotopic (exact) mass is 311 g/mol. The SMILES string of the molecule is CC(C)(CNC(=O)c1ccc(N)cn1)c1cccs1.Cl. The third-order valence-corrected chi connectivity index (χ3v) is 4.13. The third-order valence-electron chi connectivity index (χ3n) is 2.90. The highest BCUT2D eigenvalue weighted by Gasteiger charge is 2.22. The van der Waals surface area contributed by atoms with Gasteiger partial charge in [-0.2, -0.15) is 0 Å². The first-order valence-corrected chi connectivity index (χ1v) is 6.91. The Bertz CT molecular complexity index is 552. The Morgan fingerprint density at radius 1 is 1.40 bits per heavy atom. The van der Waals surface area contributed by atoms with Crippen molar-refractivity contribution in [1.82, 2.24) is 10.3 Å². The van der Waals surface area contributed by atoms with Gasteiger partial charge in [-0.1, -0.05) is 19.9 Å². The summed E-state index contributed by atoms with van der Waals surface area (Å²) in [5.41, 5.74) is 6.39. The first kappa shape index (κ1) is 16.5. The molecular formula is C14H18ClN3OS. The highest BCUT2D eigenvalue weighted by Crippen LogP contribution is 2.26. The van der Waals surface area contributed by atoms with Crippen molar-refractivity contribution in [2.24, 2.45) is 0 Å². The number of nitrogens with two attached hydrogens (primary N) is 1. The first-order valence-electron chi connectivity index (χ1n) is 6.03. The molecule has 6 heteroatoms. The molecule has 0 saturated heterocycles. The van der Waals surface area contributed by atoms with Gasteiger partial charge in [-0.25, -0.2) is 4.98 Å². The molecule has 2 rings (SSSR count). The number of nitrogens with one attached hydrogen (secondary N) is 1. The summed E-state index contributed by atoms with van der Waals surface area (Å²) in [6.07, 6.45) is 1.49. The van der Waals surface area contributed by atoms with Crippen molar-refractivity contribution in [3.8, 4) is 0 Å². The fourth-order valence-electron chi connectivity index (χ4n) is 1.68. The normalized spacial score (nSPS) is 10.7. The zero-order valence-electron chi connectivity index (χ0n) is 11.4. The molecule has 0 saturated carbocycles. The van der Waals surface area contributed by atoms with Gasteiger partial charge in [0.1, 0.15) is 5.69 Å². The molecule has 0 aliphatic carbocycles. The van der Waals surface area contributed by atoms with Crippen LogP contribution in [0.2, 0.25) is 0 Å². The molecule has 0 radical (unpaired) electrons. The standard InChI is InChI=1S/C14H17N3OS.ClH/c1-14(2,12-4-3-7-19-12)9-17-13(18)11-6-5-10(15)8-16-11;/h3-8H,9,15H2,1-2H3,(H,17,18);1H. The number of halogens is 1. The van der Waals surface area contributed by atoms with Crippen LogP contribution in [0.3, 0.4) is 0 Å². The highest BCUT2D eigenvalue weighted by atomic mass is 35.5. The average molecular weight is 312 g/mol. The Labute approximate surface area is 128 Å². The van der Waals surface area contributed by atoms with Crippen LogP contribution in [0.4, 0.5) is 5.69 Å². The number of rotatable bonds is 4. The largest absolute Gasteiger partial charge is 0.397 e. The van der Waals surface area contributed by atoms with Crippen molar-refractivity contribution in [3.05, 3.63) is 46.4 Å². The number of amides is 1. The van der Waals surface area contributed by atoms with Crippen LogP contribution in [0.25, 0.3) is 0 Å². The first-order chi connectivity index (χ1) is 8.99. The number of anilines is 1. The predicted molar refractivity (Wildman–Crippen MR) is 85.6 cm³/mol. The summed E-state index contributed by atoms with van der Waals surface area (Å²) < 4.78 is 0. The van der Waals surface area contributed by atoms with Gasteiger partial charge in [0, 0.05) is 16.8 Å². The lowest BCUT2D eigenvalue weighted by Crippen LogP contribution is -2.36. The summed E-state index contributed by atoms with van der Waals surface area (Å²) in [6, 6.07) is 7.40. The molecule has 3 N–H and O–H groups in total. The van der Waals surface area contributed by atoms with E-state index in [0.717, 1.165) is 0 Å². The molecule has 0 unspecified atom stereocenters. The van der Waals surface area contributed by atoms with Crippen molar-refractivity contribution in [1.29, 1.82) is 0 Å². The number of carbonyl (C=O) groups excluding carboxylic acids is 1. The summed E-state index contributed by atoms with van der Waals surface area (Å²) in [5.74, 6) is -0.176. The third kappa shape index (κ3) is 3.95. The quantitative estimate of drug-likeness (QED) is 0.912. The number of thiophene rings is 1. The number of nitrogen functional groups attached to an aromatic ring is 1. The minimum atomic E-state index is -0.176. The van der Waals surface area contributed by atoms with Crippen LogP contribution in [-0.2, 0) is 5.41 Å². The Kier molecular flexibility index (Phi) is 5.53. The fraction of sp³-hybridized carbons (Fsp3) is 0.286. The number of hydrogen-bond donors (Lipinski definition) is 2. The Morgan fingerprint density at radius 3 is 2.70 bits per heavy atom. The van der Waals surface area contributed by atoms with E-state index >= 15 is 0 Å². The molecule has 0 aliphatic rings. The second-order valence-electron chi connectivity index (χ2n) is 5.02. The van der Waals surface area contributed by atoms with E-state index in [1.165, 1.54) is 11.1 Å². The van der Waals surface area contributed by atoms with Crippen molar-refractivity contribution in [3.63, 3.8) is 0 Å². The predicted octanol–water partition coefficient (Wildman–Crippen LogP) is 2.85. The lowest BCUT2D eigenvalue weighted by molar-refractivity contribution is 0.0941. The average Bonchev–Trinajstić information content (AvgIpc) is 2.91. The van der Waals surface area contributed by atoms with Gasteiger partial charge in [-0.3, -0.25) is 4.79 Å². The van der Waals surface area contributed by atoms with Crippen LogP contribution in [-0.4, -0.2) is 17.4 Å². The van der Waals surface area contributed by atoms with E-state index in [-0.39, 0.29) is 23.7 Å². The van der Waals surface area contributed by atoms with Gasteiger partial charge < -0.3 is 11.1 Å². The molecule has 0 atom stereocenters. The van der Waals surface area contributed by atoms with Crippen LogP contribution in [0.1, 0.15) is 29.2 Å². The molecule has 0 bridgehead atoms. The van der Waals surface area contributed by atoms with Crippen LogP contribution in [0.15, 0.2) is 35.8 Å². The lowest BCUT2D eigenvalue weighted by Gasteiger charge is -2.23. The van der Waals surface area contributed by atoms with Gasteiger partial charge in [0.15, 0.2) is 0 Å². The molecule has 0 spiro atoms. The summed E-state index contributed by atoms with van der Waals surface area (Å²) >= 11 is 1.70. The molecule has 0 fully saturated rings. The van der Waals surface area contributed by atoms with Crippen LogP contribution < -0.4 is 11.1 Å². The maximum absolute atomic E-state index is 12.0. The van der Waals surface area contributed by atoms with Gasteiger partial charge in [-0.15, -0.1) is 23.7 Å². The molecule has 1 amide bonds. The van der Waals surface area contributed by atoms with Gasteiger partial charge in [0.05, 0.1) is 11.9 Å². The molecule has 108 valence electrons. The van der Waals surface area contributed by atoms with E-state index < -0.39 is 0 Å². The number of aromatic nitrogens is 1. The molecular weight excluding hydrogens is 294 g/mol. The van der Waals surface area contributed by atoms with Gasteiger partial charge in [0.25, 0.3) is 5.91 Å². The Balaban J connectivity index is 0.00000200. The minimum Gasteiger partial charge on any atom is -0.397 e. The van der Waals surface area contributed by atoms with E-state index in [1.807, 2.05) is 11.4 Å². The van der Waals surface area contributed by atoms with Crippen molar-refractivity contribution < 1.29 is 4.79 Å². The van der Waals surface area contributed by atoms with E-state index in [2.05, 4.69) is 30.2 Å². The zero-order chi connectivity index (χ0) is 13.9. The second kappa shape index (κ2) is 6.72. The van der Waals surface area contributed by atoms with Crippen molar-refractivity contribution in [2.75, 3.05) is 12.3 Å². The topological polar surface area (TPSA) is 68.0 Å². The van der Waals surface area contributed by atoms with Gasteiger partial charge >= 0.3 is 0 Å². The number of pyridine rings is 1. The van der Waals surface area contributed by atoms with Crippen molar-refractivity contribution >= 4 is 35.3 Å². The number of carbonyl (C=O) groups is 1. The molecule has 4 nitrogen and oxygen atoms in total. The lowest BCUT2D eigenvalue weighted by atomic mass is 9.91. The van der Waals surface area contributed by atoms with Crippen LogP contribution in [0.5, 0.6) is 0 Å². The maximum Gasteiger partial charge on any atom is 0.269 e. The summed E-state index contributed by atoms with van der Waals surface area (Å²) in [5, 5.41) is 4.95. The molecule has 0 aromatic carbocycles. The van der Waals surface area contributed by atoms with Gasteiger partial charge in [-0.05, 0) is 23.6 Å². The molecule has 2 aromatic rings. The zero-order valence-corrected chi connectivity index (χ0v) is 13.1. The number of hydrogen-bond acceptors (Lipinski definition) is 4. The van der Waals surface area contributed by atoms with Gasteiger partial charge in [0.2, 0.25) is 0 Å². The summed E-state index contributed by atoms with van der Waals surface area (Å²) in [6.45, 7) is 4.78. The summed E-state index contributed by atoms with van der Waals surface area (Å²) in [4.78, 5) is 17.2. The Hall–Kier alpha value is -1.59. The van der Waals surface area contributed by atoms with E-state index in [9.17, 15) is 4.79 Å². The maximum atomic E-state index is 12.0. The smallest absolute Gasteiger partial charge is 0.269 e. The second-order valence-corrected chi connectivity index (χ2v) is 5.97. The Morgan fingerprint density at radius 2 is 2.15 bits per heavy atom. The number of nitrogens with zero attached hydrogens (tertiary/aromatic N) is 1. The van der Waals surface area contributed by atoms with E-state index in [4.69, 9.17) is 5.73 Å². The highest BCUT2D eigenvalue weighted by molar-refractivity contribution is 7.10. The minimum absolute atomic E-state index is 0. The van der Waals surface area contributed by atoms with Crippen molar-refractivity contribution in [2.45, 2.75) is 19.3 Å². The molecule has 2 aromatic heterocycles. The van der Waals surface area contributed by atoms with E-state index in [1.54, 1.807) is 23.5 Å². The van der Waals surface area contributed by atoms with Crippen LogP contribution >= 0.6 is 23.7 Å². The molecule has 2 heterocycles. The fourth-order valence-corrected chi connectivity index (χ4v) is 2.53. The molecule has 20 heavy (non-hydrogen) atoms. The van der Waals surface area contributed by atoms with Crippen LogP contribution in [0, 0.1) is 0 Å².